The molecule has 0 spiro atoms. The van der Waals surface area contributed by atoms with Gasteiger partial charge in [-0.15, -0.1) is 0 Å². The molecule has 2 amide bonds. The Morgan fingerprint density at radius 2 is 1.72 bits per heavy atom. The molecule has 4 rings (SSSR count). The Bertz CT molecular complexity index is 1320. The average Bonchev–Trinajstić information content (AvgIpc) is 2.91. The van der Waals surface area contributed by atoms with Gasteiger partial charge in [-0.05, 0) is 64.2 Å². The van der Waals surface area contributed by atoms with Crippen molar-refractivity contribution in [3.63, 3.8) is 0 Å². The molecule has 2 N–H and O–H groups in total. The third kappa shape index (κ3) is 8.25. The van der Waals surface area contributed by atoms with Crippen molar-refractivity contribution in [1.29, 1.82) is 0 Å². The van der Waals surface area contributed by atoms with Crippen molar-refractivity contribution in [2.24, 2.45) is 0 Å². The molecule has 1 aliphatic rings. The number of likely N-dealkylation sites (tertiary alicyclic amines) is 1. The van der Waals surface area contributed by atoms with Crippen LogP contribution in [0.25, 0.3) is 11.1 Å². The molecule has 3 aromatic carbocycles. The number of benzene rings is 3. The van der Waals surface area contributed by atoms with Gasteiger partial charge >= 0.3 is 6.09 Å². The lowest BCUT2D eigenvalue weighted by molar-refractivity contribution is -0.896. The third-order valence-corrected chi connectivity index (χ3v) is 7.72. The number of halogens is 1. The molecule has 3 aromatic rings. The lowest BCUT2D eigenvalue weighted by Gasteiger charge is -2.36. The van der Waals surface area contributed by atoms with E-state index in [1.165, 1.54) is 0 Å². The Kier molecular flexibility index (Phi) is 9.54. The second kappa shape index (κ2) is 13.0. The first-order valence-electron chi connectivity index (χ1n) is 13.2. The number of hydrogen-bond donors (Lipinski definition) is 2. The van der Waals surface area contributed by atoms with Crippen LogP contribution in [-0.4, -0.2) is 56.1 Å². The molecule has 7 nitrogen and oxygen atoms in total. The van der Waals surface area contributed by atoms with Gasteiger partial charge in [0.1, 0.15) is 12.4 Å². The van der Waals surface area contributed by atoms with Crippen LogP contribution in [0.4, 0.5) is 16.2 Å². The molecule has 0 saturated carbocycles. The molecule has 39 heavy (non-hydrogen) atoms. The van der Waals surface area contributed by atoms with Crippen LogP contribution in [0.15, 0.2) is 71.2 Å². The lowest BCUT2D eigenvalue weighted by Crippen LogP contribution is -2.48. The van der Waals surface area contributed by atoms with Crippen molar-refractivity contribution >= 4 is 45.6 Å². The maximum atomic E-state index is 12.9. The highest BCUT2D eigenvalue weighted by Gasteiger charge is 2.28. The number of aldehydes is 1. The normalized spacial score (nSPS) is 14.8. The van der Waals surface area contributed by atoms with E-state index in [0.717, 1.165) is 53.4 Å². The van der Waals surface area contributed by atoms with E-state index in [4.69, 9.17) is 4.74 Å². The van der Waals surface area contributed by atoms with Gasteiger partial charge in [-0.3, -0.25) is 14.9 Å². The SMILES string of the molecule is C[N+]1(C)CCC(OC(=O)Nc2cc(CCCC(=O)Nc3ccc(C=O)cc3Br)ccc2-c2ccccc2)CC1. The molecule has 1 aliphatic heterocycles. The minimum atomic E-state index is -0.438. The zero-order valence-corrected chi connectivity index (χ0v) is 24.0. The predicted octanol–water partition coefficient (Wildman–Crippen LogP) is 6.68. The fourth-order valence-electron chi connectivity index (χ4n) is 4.74. The van der Waals surface area contributed by atoms with Crippen molar-refractivity contribution in [2.45, 2.75) is 38.2 Å². The summed E-state index contributed by atoms with van der Waals surface area (Å²) in [5, 5.41) is 5.87. The Hall–Kier alpha value is -3.49. The molecule has 0 radical (unpaired) electrons. The zero-order chi connectivity index (χ0) is 27.8. The summed E-state index contributed by atoms with van der Waals surface area (Å²) in [6.07, 6.45) is 3.60. The fraction of sp³-hybridized carbons (Fsp3) is 0.323. The van der Waals surface area contributed by atoms with Gasteiger partial charge < -0.3 is 14.5 Å². The van der Waals surface area contributed by atoms with Crippen LogP contribution < -0.4 is 10.6 Å². The maximum Gasteiger partial charge on any atom is 0.411 e. The van der Waals surface area contributed by atoms with Crippen molar-refractivity contribution in [3.05, 3.63) is 82.3 Å². The number of hydrogen-bond acceptors (Lipinski definition) is 4. The van der Waals surface area contributed by atoms with Crippen LogP contribution in [0.2, 0.25) is 0 Å². The first-order valence-corrected chi connectivity index (χ1v) is 14.0. The molecule has 0 aromatic heterocycles. The number of anilines is 2. The average molecular weight is 594 g/mol. The second-order valence-corrected chi connectivity index (χ2v) is 11.5. The first kappa shape index (κ1) is 28.5. The molecule has 0 bridgehead atoms. The van der Waals surface area contributed by atoms with E-state index in [1.807, 2.05) is 48.5 Å². The number of rotatable bonds is 9. The minimum Gasteiger partial charge on any atom is -0.446 e. The van der Waals surface area contributed by atoms with Crippen LogP contribution in [0.5, 0.6) is 0 Å². The first-order chi connectivity index (χ1) is 18.7. The summed E-state index contributed by atoms with van der Waals surface area (Å²) >= 11 is 3.39. The number of quaternary nitrogens is 1. The number of ether oxygens (including phenoxy) is 1. The van der Waals surface area contributed by atoms with Gasteiger partial charge in [0.15, 0.2) is 0 Å². The van der Waals surface area contributed by atoms with Gasteiger partial charge in [-0.2, -0.15) is 0 Å². The van der Waals surface area contributed by atoms with Crippen molar-refractivity contribution < 1.29 is 23.6 Å². The summed E-state index contributed by atoms with van der Waals surface area (Å²) in [6.45, 7) is 1.97. The zero-order valence-electron chi connectivity index (χ0n) is 22.4. The van der Waals surface area contributed by atoms with Crippen LogP contribution in [-0.2, 0) is 16.0 Å². The predicted molar refractivity (Wildman–Crippen MR) is 158 cm³/mol. The quantitative estimate of drug-likeness (QED) is 0.214. The standard InChI is InChI=1S/C31H34BrN3O4/c1-35(2)17-15-25(16-18-35)39-31(38)34-29-20-22(11-13-26(29)24-8-4-3-5-9-24)7-6-10-30(37)33-28-14-12-23(21-36)19-27(28)32/h3-5,8-9,11-14,19-21,25H,6-7,10,15-18H2,1-2H3,(H-,33,34,36,37,38)/p+1. The van der Waals surface area contributed by atoms with Crippen LogP contribution in [0, 0.1) is 0 Å². The van der Waals surface area contributed by atoms with E-state index in [9.17, 15) is 14.4 Å². The molecule has 1 fully saturated rings. The third-order valence-electron chi connectivity index (χ3n) is 7.06. The number of nitrogens with zero attached hydrogens (tertiary/aromatic N) is 1. The van der Waals surface area contributed by atoms with E-state index in [-0.39, 0.29) is 12.0 Å². The summed E-state index contributed by atoms with van der Waals surface area (Å²) in [6, 6.07) is 21.0. The van der Waals surface area contributed by atoms with Gasteiger partial charge in [-0.1, -0.05) is 42.5 Å². The minimum absolute atomic E-state index is 0.0762. The number of nitrogens with one attached hydrogen (secondary N) is 2. The van der Waals surface area contributed by atoms with Gasteiger partial charge in [0, 0.05) is 34.9 Å². The maximum absolute atomic E-state index is 12.9. The Morgan fingerprint density at radius 1 is 0.974 bits per heavy atom. The number of amides is 2. The summed E-state index contributed by atoms with van der Waals surface area (Å²) in [7, 11) is 4.39. The largest absolute Gasteiger partial charge is 0.446 e. The summed E-state index contributed by atoms with van der Waals surface area (Å²) in [4.78, 5) is 36.3. The number of aryl methyl sites for hydroxylation is 1. The van der Waals surface area contributed by atoms with E-state index in [0.29, 0.717) is 40.7 Å². The summed E-state index contributed by atoms with van der Waals surface area (Å²) in [5.74, 6) is -0.105. The van der Waals surface area contributed by atoms with E-state index >= 15 is 0 Å². The summed E-state index contributed by atoms with van der Waals surface area (Å²) in [5.41, 5.74) is 4.79. The smallest absolute Gasteiger partial charge is 0.411 e. The molecule has 0 aliphatic carbocycles. The molecule has 8 heteroatoms. The molecule has 1 saturated heterocycles. The number of piperidine rings is 1. The summed E-state index contributed by atoms with van der Waals surface area (Å²) < 4.78 is 7.39. The van der Waals surface area contributed by atoms with E-state index in [1.54, 1.807) is 18.2 Å². The van der Waals surface area contributed by atoms with Crippen LogP contribution in [0.3, 0.4) is 0 Å². The van der Waals surface area contributed by atoms with Crippen LogP contribution >= 0.6 is 15.9 Å². The van der Waals surface area contributed by atoms with Crippen molar-refractivity contribution in [3.8, 4) is 11.1 Å². The van der Waals surface area contributed by atoms with Crippen molar-refractivity contribution in [1.82, 2.24) is 0 Å². The van der Waals surface area contributed by atoms with Crippen molar-refractivity contribution in [2.75, 3.05) is 37.8 Å². The highest BCUT2D eigenvalue weighted by atomic mass is 79.9. The molecule has 0 unspecified atom stereocenters. The van der Waals surface area contributed by atoms with Gasteiger partial charge in [0.25, 0.3) is 0 Å². The monoisotopic (exact) mass is 592 g/mol. The Balaban J connectivity index is 1.39. The van der Waals surface area contributed by atoms with Gasteiger partial charge in [-0.25, -0.2) is 4.79 Å². The molecule has 204 valence electrons. The molecule has 1 heterocycles. The Morgan fingerprint density at radius 3 is 2.41 bits per heavy atom. The highest BCUT2D eigenvalue weighted by molar-refractivity contribution is 9.10. The van der Waals surface area contributed by atoms with Crippen LogP contribution in [0.1, 0.15) is 41.6 Å². The number of carbonyl (C=O) groups is 3. The molecular formula is C31H35BrN3O4+. The van der Waals surface area contributed by atoms with E-state index < -0.39 is 6.09 Å². The lowest BCUT2D eigenvalue weighted by atomic mass is 9.99. The second-order valence-electron chi connectivity index (χ2n) is 10.6. The topological polar surface area (TPSA) is 84.5 Å². The highest BCUT2D eigenvalue weighted by Crippen LogP contribution is 2.30. The number of carbonyl (C=O) groups excluding carboxylic acids is 3. The van der Waals surface area contributed by atoms with E-state index in [2.05, 4.69) is 40.7 Å². The fourth-order valence-corrected chi connectivity index (χ4v) is 5.24. The van der Waals surface area contributed by atoms with Gasteiger partial charge in [0.05, 0.1) is 38.6 Å². The molecular weight excluding hydrogens is 558 g/mol. The molecule has 0 atom stereocenters. The Labute approximate surface area is 238 Å². The van der Waals surface area contributed by atoms with Gasteiger partial charge in [0.2, 0.25) is 5.91 Å².